The number of rotatable bonds is 9. The molecule has 356 valence electrons. The molecule has 0 aliphatic heterocycles. The summed E-state index contributed by atoms with van der Waals surface area (Å²) in [6.07, 6.45) is 0. The smallest absolute Gasteiger partial charge is 0.179 e. The summed E-state index contributed by atoms with van der Waals surface area (Å²) < 4.78 is 5.04. The molecule has 1 aliphatic rings. The number of aromatic nitrogens is 2. The fourth-order valence-electron chi connectivity index (χ4n) is 13.4. The van der Waals surface area contributed by atoms with Crippen LogP contribution in [0.4, 0.5) is 0 Å². The van der Waals surface area contributed by atoms with E-state index in [0.717, 1.165) is 11.4 Å². The second-order valence-electron chi connectivity index (χ2n) is 20.3. The van der Waals surface area contributed by atoms with Crippen LogP contribution in [0.25, 0.3) is 77.2 Å². The molecule has 0 amide bonds. The Kier molecular flexibility index (Phi) is 10.2. The highest BCUT2D eigenvalue weighted by atomic mass is 28.3. The van der Waals surface area contributed by atoms with Gasteiger partial charge in [0, 0.05) is 27.2 Å². The van der Waals surface area contributed by atoms with E-state index >= 15 is 0 Å². The third-order valence-corrected chi connectivity index (χ3v) is 21.4. The van der Waals surface area contributed by atoms with Crippen molar-refractivity contribution < 1.29 is 0 Å². The van der Waals surface area contributed by atoms with Gasteiger partial charge >= 0.3 is 0 Å². The zero-order valence-electron chi connectivity index (χ0n) is 41.8. The second-order valence-corrected chi connectivity index (χ2v) is 24.1. The summed E-state index contributed by atoms with van der Waals surface area (Å²) in [6.45, 7) is 0. The average molecular weight is 983 g/mol. The van der Waals surface area contributed by atoms with E-state index < -0.39 is 13.5 Å². The van der Waals surface area contributed by atoms with Gasteiger partial charge in [-0.2, -0.15) is 0 Å². The molecule has 0 saturated heterocycles. The molecule has 2 aromatic heterocycles. The van der Waals surface area contributed by atoms with Gasteiger partial charge in [0.15, 0.2) is 8.07 Å². The van der Waals surface area contributed by atoms with Crippen molar-refractivity contribution >= 4 is 72.4 Å². The van der Waals surface area contributed by atoms with Crippen molar-refractivity contribution in [2.45, 2.75) is 5.41 Å². The van der Waals surface area contributed by atoms with E-state index in [4.69, 9.17) is 0 Å². The molecule has 0 unspecified atom stereocenters. The Morgan fingerprint density at radius 2 is 0.724 bits per heavy atom. The van der Waals surface area contributed by atoms with Crippen LogP contribution >= 0.6 is 0 Å². The molecular weight excluding hydrogens is 933 g/mol. The lowest BCUT2D eigenvalue weighted by Crippen LogP contribution is -2.74. The van der Waals surface area contributed by atoms with Gasteiger partial charge in [0.1, 0.15) is 0 Å². The first kappa shape index (κ1) is 44.0. The molecule has 0 atom stereocenters. The van der Waals surface area contributed by atoms with E-state index in [9.17, 15) is 0 Å². The minimum absolute atomic E-state index is 0.487. The Morgan fingerprint density at radius 1 is 0.276 bits per heavy atom. The van der Waals surface area contributed by atoms with Gasteiger partial charge in [-0.15, -0.1) is 0 Å². The Bertz CT molecular complexity index is 4350. The third kappa shape index (κ3) is 6.40. The molecule has 0 N–H and O–H groups in total. The summed E-state index contributed by atoms with van der Waals surface area (Å²) in [5, 5.41) is 10.3. The quantitative estimate of drug-likeness (QED) is 0.101. The van der Waals surface area contributed by atoms with Crippen LogP contribution in [0.1, 0.15) is 22.3 Å². The first-order valence-corrected chi connectivity index (χ1v) is 28.4. The lowest BCUT2D eigenvalue weighted by Gasteiger charge is -2.34. The summed E-state index contributed by atoms with van der Waals surface area (Å²) in [5.41, 5.74) is 16.6. The Morgan fingerprint density at radius 3 is 1.34 bits per heavy atom. The summed E-state index contributed by atoms with van der Waals surface area (Å²) in [5.74, 6) is 0. The summed E-state index contributed by atoms with van der Waals surface area (Å²) in [4.78, 5) is 0. The van der Waals surface area contributed by atoms with Gasteiger partial charge in [0.2, 0.25) is 0 Å². The molecule has 76 heavy (non-hydrogen) atoms. The number of nitrogens with zero attached hydrogens (tertiary/aromatic N) is 2. The predicted octanol–water partition coefficient (Wildman–Crippen LogP) is 15.3. The minimum atomic E-state index is -2.74. The number of para-hydroxylation sites is 3. The van der Waals surface area contributed by atoms with Crippen molar-refractivity contribution in [3.8, 4) is 33.6 Å². The van der Waals surface area contributed by atoms with Crippen LogP contribution in [0.15, 0.2) is 303 Å². The molecule has 12 aromatic carbocycles. The van der Waals surface area contributed by atoms with Crippen LogP contribution in [0.3, 0.4) is 0 Å². The molecule has 0 bridgehead atoms. The highest BCUT2D eigenvalue weighted by Gasteiger charge is 2.46. The van der Waals surface area contributed by atoms with Gasteiger partial charge in [0.25, 0.3) is 0 Å². The monoisotopic (exact) mass is 982 g/mol. The molecule has 1 aliphatic carbocycles. The molecule has 15 rings (SSSR count). The molecule has 0 radical (unpaired) electrons. The maximum absolute atomic E-state index is 2.74. The lowest BCUT2D eigenvalue weighted by molar-refractivity contribution is 0.769. The van der Waals surface area contributed by atoms with Gasteiger partial charge < -0.3 is 9.13 Å². The number of fused-ring (bicyclic) bond motifs is 9. The lowest BCUT2D eigenvalue weighted by atomic mass is 9.67. The maximum atomic E-state index is 2.53. The average Bonchev–Trinajstić information content (AvgIpc) is 4.28. The van der Waals surface area contributed by atoms with Crippen LogP contribution in [-0.2, 0) is 5.41 Å². The molecule has 3 heteroatoms. The van der Waals surface area contributed by atoms with Crippen molar-refractivity contribution in [3.63, 3.8) is 0 Å². The largest absolute Gasteiger partial charge is 0.307 e. The Hall–Kier alpha value is -9.54. The molecule has 0 fully saturated rings. The van der Waals surface area contributed by atoms with Crippen molar-refractivity contribution in [2.75, 3.05) is 0 Å². The van der Waals surface area contributed by atoms with Crippen molar-refractivity contribution in [2.24, 2.45) is 0 Å². The van der Waals surface area contributed by atoms with E-state index in [-0.39, 0.29) is 0 Å². The summed E-state index contributed by atoms with van der Waals surface area (Å²) in [6, 6.07) is 113. The molecule has 2 heterocycles. The molecule has 0 spiro atoms. The van der Waals surface area contributed by atoms with Crippen molar-refractivity contribution in [1.29, 1.82) is 0 Å². The Balaban J connectivity index is 0.944. The second kappa shape index (κ2) is 17.6. The van der Waals surface area contributed by atoms with Gasteiger partial charge in [0.05, 0.1) is 33.2 Å². The zero-order valence-corrected chi connectivity index (χ0v) is 42.8. The molecule has 14 aromatic rings. The van der Waals surface area contributed by atoms with Gasteiger partial charge in [-0.25, -0.2) is 0 Å². The van der Waals surface area contributed by atoms with E-state index in [2.05, 4.69) is 312 Å². The number of hydrogen-bond acceptors (Lipinski definition) is 0. The van der Waals surface area contributed by atoms with E-state index in [1.165, 1.54) is 109 Å². The number of hydrogen-bond donors (Lipinski definition) is 0. The topological polar surface area (TPSA) is 9.86 Å². The molecular formula is C73H50N2Si. The standard InChI is InChI=1S/C73H50N2Si/c1-6-23-53(24-7-1)73(54-25-8-2-9-26-54)66-37-19-16-33-60(66)61-47-41-51(49-67(61)73)52-42-48-64-62-34-17-21-39-69(62)75(71(64)50-52)70-40-22-36-65-63-35-18-20-38-68(63)74(72(65)70)55-43-45-59(46-44-55)76(56-27-10-3-11-28-56,57-29-12-4-13-30-57)58-31-14-5-15-32-58/h1-50H. The summed E-state index contributed by atoms with van der Waals surface area (Å²) in [7, 11) is -2.74. The third-order valence-electron chi connectivity index (χ3n) is 16.6. The molecule has 0 saturated carbocycles. The Labute approximate surface area is 443 Å². The van der Waals surface area contributed by atoms with Gasteiger partial charge in [-0.05, 0) is 108 Å². The van der Waals surface area contributed by atoms with Crippen LogP contribution in [0.2, 0.25) is 0 Å². The maximum Gasteiger partial charge on any atom is 0.179 e. The normalized spacial score (nSPS) is 12.8. The summed E-state index contributed by atoms with van der Waals surface area (Å²) >= 11 is 0. The van der Waals surface area contributed by atoms with Gasteiger partial charge in [-0.3, -0.25) is 0 Å². The number of benzene rings is 12. The minimum Gasteiger partial charge on any atom is -0.307 e. The van der Waals surface area contributed by atoms with E-state index in [1.54, 1.807) is 0 Å². The van der Waals surface area contributed by atoms with Gasteiger partial charge in [-0.1, -0.05) is 261 Å². The van der Waals surface area contributed by atoms with Crippen LogP contribution in [0.5, 0.6) is 0 Å². The molecule has 2 nitrogen and oxygen atoms in total. The fourth-order valence-corrected chi connectivity index (χ4v) is 18.2. The SMILES string of the molecule is c1ccc(C2(c3ccccc3)c3ccccc3-c3ccc(-c4ccc5c6ccccc6n(-c6cccc7c8ccccc8n(-c8ccc([Si](c9ccccc9)(c9ccccc9)c9ccccc9)cc8)c67)c5c4)cc32)cc1. The van der Waals surface area contributed by atoms with Crippen molar-refractivity contribution in [1.82, 2.24) is 9.13 Å². The zero-order chi connectivity index (χ0) is 50.2. The van der Waals surface area contributed by atoms with E-state index in [0.29, 0.717) is 0 Å². The predicted molar refractivity (Wildman–Crippen MR) is 321 cm³/mol. The van der Waals surface area contributed by atoms with Crippen molar-refractivity contribution in [3.05, 3.63) is 326 Å². The van der Waals surface area contributed by atoms with Crippen LogP contribution < -0.4 is 20.7 Å². The van der Waals surface area contributed by atoms with Crippen LogP contribution in [0, 0.1) is 0 Å². The highest BCUT2D eigenvalue weighted by molar-refractivity contribution is 7.19. The first-order valence-electron chi connectivity index (χ1n) is 26.4. The highest BCUT2D eigenvalue weighted by Crippen LogP contribution is 2.57. The fraction of sp³-hybridized carbons (Fsp3) is 0.0137. The van der Waals surface area contributed by atoms with E-state index in [1.807, 2.05) is 0 Å². The van der Waals surface area contributed by atoms with Crippen LogP contribution in [-0.4, -0.2) is 17.2 Å². The first-order chi connectivity index (χ1) is 37.7.